The maximum absolute atomic E-state index is 11.9. The van der Waals surface area contributed by atoms with Crippen molar-refractivity contribution in [2.24, 2.45) is 0 Å². The fourth-order valence-corrected chi connectivity index (χ4v) is 2.60. The summed E-state index contributed by atoms with van der Waals surface area (Å²) in [6.07, 6.45) is 0.698. The van der Waals surface area contributed by atoms with Crippen molar-refractivity contribution in [1.29, 1.82) is 0 Å². The summed E-state index contributed by atoms with van der Waals surface area (Å²) in [5.74, 6) is 1.61. The molecule has 0 aliphatic heterocycles. The SMILES string of the molecule is Cc1cccc(NC(=O)CCc2nc(-c3cccs3)no2)[nH+]1. The molecule has 3 rings (SSSR count). The Morgan fingerprint density at radius 2 is 2.27 bits per heavy atom. The Kier molecular flexibility index (Phi) is 4.24. The molecule has 0 unspecified atom stereocenters. The summed E-state index contributed by atoms with van der Waals surface area (Å²) in [5.41, 5.74) is 0.982. The van der Waals surface area contributed by atoms with Gasteiger partial charge in [-0.15, -0.1) is 11.3 Å². The third-order valence-corrected chi connectivity index (χ3v) is 3.86. The maximum atomic E-state index is 11.9. The number of carbonyl (C=O) groups is 1. The van der Waals surface area contributed by atoms with Crippen LogP contribution >= 0.6 is 11.3 Å². The van der Waals surface area contributed by atoms with E-state index in [1.165, 1.54) is 0 Å². The summed E-state index contributed by atoms with van der Waals surface area (Å²) in [6.45, 7) is 1.93. The first-order valence-electron chi connectivity index (χ1n) is 6.86. The minimum Gasteiger partial charge on any atom is -0.339 e. The average Bonchev–Trinajstić information content (AvgIpc) is 3.16. The number of aromatic nitrogens is 3. The van der Waals surface area contributed by atoms with Crippen LogP contribution in [-0.4, -0.2) is 16.0 Å². The van der Waals surface area contributed by atoms with Gasteiger partial charge >= 0.3 is 5.91 Å². The van der Waals surface area contributed by atoms with E-state index >= 15 is 0 Å². The van der Waals surface area contributed by atoms with Crippen molar-refractivity contribution in [3.63, 3.8) is 0 Å². The number of aromatic amines is 1. The van der Waals surface area contributed by atoms with Crippen LogP contribution in [0.25, 0.3) is 10.7 Å². The van der Waals surface area contributed by atoms with Crippen LogP contribution in [0.2, 0.25) is 0 Å². The van der Waals surface area contributed by atoms with Crippen molar-refractivity contribution in [3.05, 3.63) is 47.3 Å². The van der Waals surface area contributed by atoms with E-state index in [4.69, 9.17) is 4.52 Å². The van der Waals surface area contributed by atoms with Gasteiger partial charge in [0.1, 0.15) is 0 Å². The van der Waals surface area contributed by atoms with Crippen LogP contribution in [-0.2, 0) is 11.2 Å². The lowest BCUT2D eigenvalue weighted by Gasteiger charge is -1.97. The largest absolute Gasteiger partial charge is 0.339 e. The highest BCUT2D eigenvalue weighted by molar-refractivity contribution is 7.13. The zero-order valence-corrected chi connectivity index (χ0v) is 12.8. The molecule has 0 fully saturated rings. The fraction of sp³-hybridized carbons (Fsp3) is 0.200. The van der Waals surface area contributed by atoms with Crippen LogP contribution in [0.4, 0.5) is 5.82 Å². The van der Waals surface area contributed by atoms with E-state index in [-0.39, 0.29) is 12.3 Å². The van der Waals surface area contributed by atoms with E-state index < -0.39 is 0 Å². The van der Waals surface area contributed by atoms with Crippen molar-refractivity contribution in [2.75, 3.05) is 5.32 Å². The highest BCUT2D eigenvalue weighted by Crippen LogP contribution is 2.21. The van der Waals surface area contributed by atoms with Crippen molar-refractivity contribution >= 4 is 23.1 Å². The van der Waals surface area contributed by atoms with Crippen molar-refractivity contribution in [3.8, 4) is 10.7 Å². The number of pyridine rings is 1. The van der Waals surface area contributed by atoms with Crippen LogP contribution in [0, 0.1) is 6.92 Å². The molecule has 0 saturated carbocycles. The standard InChI is InChI=1S/C15H14N4O2S/c1-10-4-2-6-12(16-10)17-13(20)7-8-14-18-15(19-21-14)11-5-3-9-22-11/h2-6,9H,7-8H2,1H3,(H,16,17,20)/p+1. The number of thiophene rings is 1. The van der Waals surface area contributed by atoms with E-state index in [1.807, 2.05) is 42.6 Å². The molecule has 112 valence electrons. The molecule has 3 aromatic heterocycles. The van der Waals surface area contributed by atoms with Crippen LogP contribution < -0.4 is 10.3 Å². The predicted molar refractivity (Wildman–Crippen MR) is 82.3 cm³/mol. The Balaban J connectivity index is 1.55. The number of anilines is 1. The lowest BCUT2D eigenvalue weighted by atomic mass is 10.3. The van der Waals surface area contributed by atoms with Gasteiger partial charge in [0.25, 0.3) is 5.82 Å². The quantitative estimate of drug-likeness (QED) is 0.784. The van der Waals surface area contributed by atoms with Gasteiger partial charge in [0.2, 0.25) is 11.7 Å². The van der Waals surface area contributed by atoms with Gasteiger partial charge in [-0.05, 0) is 24.4 Å². The first kappa shape index (κ1) is 14.4. The molecule has 6 nitrogen and oxygen atoms in total. The first-order valence-corrected chi connectivity index (χ1v) is 7.74. The number of nitrogens with one attached hydrogen (secondary N) is 2. The molecular formula is C15H15N4O2S+. The Morgan fingerprint density at radius 1 is 1.36 bits per heavy atom. The second kappa shape index (κ2) is 6.48. The molecule has 0 aromatic carbocycles. The number of amides is 1. The molecule has 0 bridgehead atoms. The molecule has 22 heavy (non-hydrogen) atoms. The summed E-state index contributed by atoms with van der Waals surface area (Å²) in [6, 6.07) is 9.49. The van der Waals surface area contributed by atoms with Crippen LogP contribution in [0.5, 0.6) is 0 Å². The van der Waals surface area contributed by atoms with E-state index in [1.54, 1.807) is 11.3 Å². The van der Waals surface area contributed by atoms with Gasteiger partial charge in [0, 0.05) is 12.5 Å². The highest BCUT2D eigenvalue weighted by atomic mass is 32.1. The predicted octanol–water partition coefficient (Wildman–Crippen LogP) is 2.49. The number of H-pyrrole nitrogens is 1. The number of carbonyl (C=O) groups excluding carboxylic acids is 1. The molecule has 0 spiro atoms. The topological polar surface area (TPSA) is 82.2 Å². The van der Waals surface area contributed by atoms with Gasteiger partial charge in [0.15, 0.2) is 0 Å². The molecule has 7 heteroatoms. The summed E-state index contributed by atoms with van der Waals surface area (Å²) < 4.78 is 5.17. The summed E-state index contributed by atoms with van der Waals surface area (Å²) in [5, 5.41) is 8.68. The lowest BCUT2D eigenvalue weighted by molar-refractivity contribution is -0.370. The average molecular weight is 315 g/mol. The number of hydrogen-bond donors (Lipinski definition) is 1. The Morgan fingerprint density at radius 3 is 3.05 bits per heavy atom. The van der Waals surface area contributed by atoms with Gasteiger partial charge in [0.05, 0.1) is 17.0 Å². The van der Waals surface area contributed by atoms with Crippen molar-refractivity contribution in [2.45, 2.75) is 19.8 Å². The molecule has 0 radical (unpaired) electrons. The van der Waals surface area contributed by atoms with Crippen LogP contribution in [0.1, 0.15) is 18.0 Å². The summed E-state index contributed by atoms with van der Waals surface area (Å²) in [4.78, 5) is 20.2. The molecule has 0 aliphatic carbocycles. The molecule has 2 N–H and O–H groups in total. The fourth-order valence-electron chi connectivity index (χ4n) is 1.95. The van der Waals surface area contributed by atoms with Gasteiger partial charge in [-0.25, -0.2) is 15.1 Å². The zero-order valence-electron chi connectivity index (χ0n) is 12.0. The number of nitrogens with zero attached hydrogens (tertiary/aromatic N) is 2. The van der Waals surface area contributed by atoms with Gasteiger partial charge < -0.3 is 4.52 Å². The molecule has 0 saturated heterocycles. The molecule has 0 atom stereocenters. The second-order valence-corrected chi connectivity index (χ2v) is 5.73. The molecule has 0 aliphatic rings. The van der Waals surface area contributed by atoms with E-state index in [2.05, 4.69) is 20.4 Å². The minimum absolute atomic E-state index is 0.0993. The van der Waals surface area contributed by atoms with Crippen molar-refractivity contribution < 1.29 is 14.3 Å². The Labute approximate surface area is 131 Å². The first-order chi connectivity index (χ1) is 10.7. The normalized spacial score (nSPS) is 10.6. The van der Waals surface area contributed by atoms with Gasteiger partial charge in [-0.1, -0.05) is 17.3 Å². The second-order valence-electron chi connectivity index (χ2n) is 4.78. The number of aryl methyl sites for hydroxylation is 2. The zero-order chi connectivity index (χ0) is 15.4. The van der Waals surface area contributed by atoms with Crippen LogP contribution in [0.3, 0.4) is 0 Å². The van der Waals surface area contributed by atoms with Gasteiger partial charge in [-0.3, -0.25) is 0 Å². The smallest absolute Gasteiger partial charge is 0.307 e. The minimum atomic E-state index is -0.0993. The third kappa shape index (κ3) is 3.56. The lowest BCUT2D eigenvalue weighted by Crippen LogP contribution is -2.21. The van der Waals surface area contributed by atoms with Crippen LogP contribution in [0.15, 0.2) is 40.2 Å². The maximum Gasteiger partial charge on any atom is 0.307 e. The van der Waals surface area contributed by atoms with E-state index in [9.17, 15) is 4.79 Å². The monoisotopic (exact) mass is 315 g/mol. The molecule has 3 aromatic rings. The summed E-state index contributed by atoms with van der Waals surface area (Å²) in [7, 11) is 0. The van der Waals surface area contributed by atoms with Gasteiger partial charge in [-0.2, -0.15) is 4.98 Å². The highest BCUT2D eigenvalue weighted by Gasteiger charge is 2.14. The Hall–Kier alpha value is -2.54. The molecule has 1 amide bonds. The third-order valence-electron chi connectivity index (χ3n) is 2.99. The number of hydrogen-bond acceptors (Lipinski definition) is 5. The Bertz CT molecular complexity index is 767. The molecular weight excluding hydrogens is 300 g/mol. The molecule has 3 heterocycles. The van der Waals surface area contributed by atoms with E-state index in [0.29, 0.717) is 24.0 Å². The number of rotatable bonds is 5. The van der Waals surface area contributed by atoms with Crippen molar-refractivity contribution in [1.82, 2.24) is 10.1 Å². The van der Waals surface area contributed by atoms with E-state index in [0.717, 1.165) is 10.6 Å². The summed E-state index contributed by atoms with van der Waals surface area (Å²) >= 11 is 1.55.